The quantitative estimate of drug-likeness (QED) is 0.307. The lowest BCUT2D eigenvalue weighted by molar-refractivity contribution is 0.176. The molecule has 17 heavy (non-hydrogen) atoms. The molecule has 0 unspecified atom stereocenters. The minimum Gasteiger partial charge on any atom is -0.478 e. The molecule has 3 N–H and O–H groups in total. The molecule has 6 heteroatoms. The number of nitrogen functional groups attached to an aromatic ring is 1. The molecule has 0 spiro atoms. The second kappa shape index (κ2) is 7.59. The standard InChI is InChI=1S/C11H18N4O2/c1-3-4-5-6-17-11-7-9(15-12)13-10(14-11)8-16-2/h3,7H,1,4-6,8,12H2,2H3,(H,13,14,15). The van der Waals surface area contributed by atoms with Crippen LogP contribution in [0.2, 0.25) is 0 Å². The number of rotatable bonds is 8. The van der Waals surface area contributed by atoms with Crippen LogP contribution in [-0.4, -0.2) is 23.7 Å². The Hall–Kier alpha value is -1.66. The molecule has 0 aliphatic rings. The van der Waals surface area contributed by atoms with Crippen LogP contribution in [-0.2, 0) is 11.3 Å². The summed E-state index contributed by atoms with van der Waals surface area (Å²) in [5, 5.41) is 0. The highest BCUT2D eigenvalue weighted by atomic mass is 16.5. The van der Waals surface area contributed by atoms with Crippen LogP contribution < -0.4 is 16.0 Å². The van der Waals surface area contributed by atoms with E-state index in [1.165, 1.54) is 0 Å². The average molecular weight is 238 g/mol. The van der Waals surface area contributed by atoms with Crippen molar-refractivity contribution in [2.45, 2.75) is 19.4 Å². The van der Waals surface area contributed by atoms with Gasteiger partial charge in [-0.05, 0) is 12.8 Å². The number of hydrogen-bond acceptors (Lipinski definition) is 6. The van der Waals surface area contributed by atoms with E-state index in [-0.39, 0.29) is 0 Å². The molecule has 0 aliphatic carbocycles. The van der Waals surface area contributed by atoms with Crippen LogP contribution >= 0.6 is 0 Å². The third-order valence-electron chi connectivity index (χ3n) is 1.97. The monoisotopic (exact) mass is 238 g/mol. The summed E-state index contributed by atoms with van der Waals surface area (Å²) in [4.78, 5) is 8.31. The molecular formula is C11H18N4O2. The molecule has 94 valence electrons. The van der Waals surface area contributed by atoms with Gasteiger partial charge in [0.1, 0.15) is 12.4 Å². The van der Waals surface area contributed by atoms with Crippen molar-refractivity contribution in [2.24, 2.45) is 5.84 Å². The maximum atomic E-state index is 5.49. The lowest BCUT2D eigenvalue weighted by Gasteiger charge is -2.08. The molecule has 0 fully saturated rings. The topological polar surface area (TPSA) is 82.3 Å². The van der Waals surface area contributed by atoms with E-state index in [9.17, 15) is 0 Å². The Bertz CT molecular complexity index is 357. The molecule has 0 saturated carbocycles. The zero-order valence-electron chi connectivity index (χ0n) is 9.98. The maximum Gasteiger partial charge on any atom is 0.218 e. The normalized spacial score (nSPS) is 10.0. The van der Waals surface area contributed by atoms with Crippen molar-refractivity contribution >= 4 is 5.82 Å². The number of hydrogen-bond donors (Lipinski definition) is 2. The van der Waals surface area contributed by atoms with E-state index in [1.807, 2.05) is 6.08 Å². The molecular weight excluding hydrogens is 220 g/mol. The van der Waals surface area contributed by atoms with Crippen molar-refractivity contribution in [3.8, 4) is 5.88 Å². The molecule has 0 saturated heterocycles. The first kappa shape index (κ1) is 13.4. The first-order valence-corrected chi connectivity index (χ1v) is 5.37. The van der Waals surface area contributed by atoms with Crippen molar-refractivity contribution in [3.05, 3.63) is 24.5 Å². The van der Waals surface area contributed by atoms with Gasteiger partial charge in [0.15, 0.2) is 5.82 Å². The third-order valence-corrected chi connectivity index (χ3v) is 1.97. The van der Waals surface area contributed by atoms with Crippen LogP contribution in [0, 0.1) is 0 Å². The van der Waals surface area contributed by atoms with Gasteiger partial charge in [0.25, 0.3) is 0 Å². The largest absolute Gasteiger partial charge is 0.478 e. The summed E-state index contributed by atoms with van der Waals surface area (Å²) >= 11 is 0. The van der Waals surface area contributed by atoms with E-state index in [4.69, 9.17) is 15.3 Å². The highest BCUT2D eigenvalue weighted by Gasteiger charge is 2.04. The van der Waals surface area contributed by atoms with Gasteiger partial charge < -0.3 is 14.9 Å². The Balaban J connectivity index is 2.62. The molecule has 1 aromatic rings. The van der Waals surface area contributed by atoms with Gasteiger partial charge in [-0.1, -0.05) is 6.08 Å². The van der Waals surface area contributed by atoms with Crippen LogP contribution in [0.5, 0.6) is 5.88 Å². The number of nitrogens with one attached hydrogen (secondary N) is 1. The molecule has 0 atom stereocenters. The predicted octanol–water partition coefficient (Wildman–Crippen LogP) is 1.25. The van der Waals surface area contributed by atoms with Crippen LogP contribution in [0.15, 0.2) is 18.7 Å². The lowest BCUT2D eigenvalue weighted by Crippen LogP contribution is -2.12. The fourth-order valence-electron chi connectivity index (χ4n) is 1.22. The Morgan fingerprint density at radius 3 is 3.00 bits per heavy atom. The summed E-state index contributed by atoms with van der Waals surface area (Å²) < 4.78 is 10.5. The van der Waals surface area contributed by atoms with Gasteiger partial charge in [0, 0.05) is 13.2 Å². The van der Waals surface area contributed by atoms with Gasteiger partial charge in [-0.2, -0.15) is 4.98 Å². The molecule has 0 radical (unpaired) electrons. The number of anilines is 1. The van der Waals surface area contributed by atoms with Crippen molar-refractivity contribution in [2.75, 3.05) is 19.1 Å². The second-order valence-electron chi connectivity index (χ2n) is 3.36. The fourth-order valence-corrected chi connectivity index (χ4v) is 1.22. The van der Waals surface area contributed by atoms with Gasteiger partial charge >= 0.3 is 0 Å². The van der Waals surface area contributed by atoms with E-state index in [0.29, 0.717) is 30.7 Å². The summed E-state index contributed by atoms with van der Waals surface area (Å²) in [6, 6.07) is 1.65. The zero-order valence-corrected chi connectivity index (χ0v) is 9.98. The number of ether oxygens (including phenoxy) is 2. The van der Waals surface area contributed by atoms with E-state index in [0.717, 1.165) is 12.8 Å². The van der Waals surface area contributed by atoms with Crippen molar-refractivity contribution < 1.29 is 9.47 Å². The van der Waals surface area contributed by atoms with E-state index in [1.54, 1.807) is 13.2 Å². The Morgan fingerprint density at radius 2 is 2.35 bits per heavy atom. The van der Waals surface area contributed by atoms with E-state index in [2.05, 4.69) is 22.0 Å². The minimum absolute atomic E-state index is 0.318. The summed E-state index contributed by atoms with van der Waals surface area (Å²) in [5.74, 6) is 6.83. The number of aromatic nitrogens is 2. The first-order valence-electron chi connectivity index (χ1n) is 5.37. The van der Waals surface area contributed by atoms with Crippen LogP contribution in [0.1, 0.15) is 18.7 Å². The molecule has 0 aliphatic heterocycles. The third kappa shape index (κ3) is 4.80. The van der Waals surface area contributed by atoms with Crippen molar-refractivity contribution in [1.82, 2.24) is 9.97 Å². The molecule has 0 aromatic carbocycles. The first-order chi connectivity index (χ1) is 8.30. The number of nitrogens with zero attached hydrogens (tertiary/aromatic N) is 2. The molecule has 1 aromatic heterocycles. The van der Waals surface area contributed by atoms with E-state index >= 15 is 0 Å². The summed E-state index contributed by atoms with van der Waals surface area (Å²) in [5.41, 5.74) is 2.46. The predicted molar refractivity (Wildman–Crippen MR) is 65.5 cm³/mol. The highest BCUT2D eigenvalue weighted by molar-refractivity contribution is 5.36. The van der Waals surface area contributed by atoms with Crippen molar-refractivity contribution in [1.29, 1.82) is 0 Å². The number of hydrazine groups is 1. The Morgan fingerprint density at radius 1 is 1.53 bits per heavy atom. The lowest BCUT2D eigenvalue weighted by atomic mass is 10.3. The van der Waals surface area contributed by atoms with Gasteiger partial charge in [-0.25, -0.2) is 10.8 Å². The van der Waals surface area contributed by atoms with Gasteiger partial charge in [0.2, 0.25) is 5.88 Å². The summed E-state index contributed by atoms with van der Waals surface area (Å²) in [6.07, 6.45) is 3.67. The number of unbranched alkanes of at least 4 members (excludes halogenated alkanes) is 1. The fraction of sp³-hybridized carbons (Fsp3) is 0.455. The highest BCUT2D eigenvalue weighted by Crippen LogP contribution is 2.13. The van der Waals surface area contributed by atoms with Gasteiger partial charge in [-0.15, -0.1) is 6.58 Å². The SMILES string of the molecule is C=CCCCOc1cc(NN)nc(COC)n1. The minimum atomic E-state index is 0.318. The molecule has 0 bridgehead atoms. The summed E-state index contributed by atoms with van der Waals surface area (Å²) in [7, 11) is 1.58. The maximum absolute atomic E-state index is 5.49. The number of nitrogens with two attached hydrogens (primary N) is 1. The second-order valence-corrected chi connectivity index (χ2v) is 3.36. The van der Waals surface area contributed by atoms with Crippen LogP contribution in [0.4, 0.5) is 5.82 Å². The Kier molecular flexibility index (Phi) is 5.98. The molecule has 6 nitrogen and oxygen atoms in total. The van der Waals surface area contributed by atoms with Crippen LogP contribution in [0.25, 0.3) is 0 Å². The van der Waals surface area contributed by atoms with Crippen molar-refractivity contribution in [3.63, 3.8) is 0 Å². The van der Waals surface area contributed by atoms with Crippen LogP contribution in [0.3, 0.4) is 0 Å². The zero-order chi connectivity index (χ0) is 12.5. The van der Waals surface area contributed by atoms with Gasteiger partial charge in [-0.3, -0.25) is 0 Å². The summed E-state index contributed by atoms with van der Waals surface area (Å²) in [6.45, 7) is 4.55. The molecule has 0 amide bonds. The van der Waals surface area contributed by atoms with Gasteiger partial charge in [0.05, 0.1) is 6.61 Å². The number of methoxy groups -OCH3 is 1. The molecule has 1 heterocycles. The number of allylic oxidation sites excluding steroid dienone is 1. The molecule has 1 rings (SSSR count). The Labute approximate surface area is 101 Å². The van der Waals surface area contributed by atoms with E-state index < -0.39 is 0 Å². The smallest absolute Gasteiger partial charge is 0.218 e. The average Bonchev–Trinajstić information content (AvgIpc) is 2.35.